The van der Waals surface area contributed by atoms with Crippen molar-refractivity contribution in [2.24, 2.45) is 0 Å². The predicted octanol–water partition coefficient (Wildman–Crippen LogP) is 2.60. The number of amides is 3. The number of rotatable bonds is 5. The van der Waals surface area contributed by atoms with Crippen LogP contribution in [0.25, 0.3) is 0 Å². The molecule has 1 heterocycles. The van der Waals surface area contributed by atoms with Crippen molar-refractivity contribution in [3.05, 3.63) is 54.0 Å². The van der Waals surface area contributed by atoms with Gasteiger partial charge in [-0.15, -0.1) is 0 Å². The second-order valence-electron chi connectivity index (χ2n) is 6.57. The van der Waals surface area contributed by atoms with E-state index < -0.39 is 11.8 Å². The fraction of sp³-hybridized carbons (Fsp3) is 0.350. The average molecular weight is 369 g/mol. The minimum atomic E-state index is -0.771. The van der Waals surface area contributed by atoms with Crippen LogP contribution in [0, 0.1) is 0 Å². The van der Waals surface area contributed by atoms with Gasteiger partial charge >= 0.3 is 11.8 Å². The molecule has 1 fully saturated rings. The summed E-state index contributed by atoms with van der Waals surface area (Å²) in [6.45, 7) is 0.232. The molecule has 0 saturated heterocycles. The van der Waals surface area contributed by atoms with E-state index in [1.165, 1.54) is 12.7 Å². The Morgan fingerprint density at radius 1 is 0.963 bits per heavy atom. The monoisotopic (exact) mass is 369 g/mol. The summed E-state index contributed by atoms with van der Waals surface area (Å²) in [6, 6.07) is 10.1. The first-order valence-electron chi connectivity index (χ1n) is 9.15. The standard InChI is InChI=1S/C20H23N3O4/c24-18(21-13-15-9-6-12-27-15)16-10-4-5-11-17(16)23-20(26)19(25)22-14-7-2-1-3-8-14/h4-6,9-12,14H,1-3,7-8,13H2,(H,21,24)(H,22,25)(H,23,26). The van der Waals surface area contributed by atoms with Gasteiger partial charge < -0.3 is 20.4 Å². The van der Waals surface area contributed by atoms with Crippen molar-refractivity contribution in [2.75, 3.05) is 5.32 Å². The summed E-state index contributed by atoms with van der Waals surface area (Å²) in [7, 11) is 0. The van der Waals surface area contributed by atoms with Crippen LogP contribution in [0.1, 0.15) is 48.2 Å². The SMILES string of the molecule is O=C(Nc1ccccc1C(=O)NCc1ccco1)C(=O)NC1CCCCC1. The Labute approximate surface area is 157 Å². The Balaban J connectivity index is 1.59. The molecule has 1 aliphatic carbocycles. The second-order valence-corrected chi connectivity index (χ2v) is 6.57. The number of para-hydroxylation sites is 1. The molecule has 0 bridgehead atoms. The number of carbonyl (C=O) groups excluding carboxylic acids is 3. The van der Waals surface area contributed by atoms with Gasteiger partial charge in [-0.3, -0.25) is 14.4 Å². The normalized spacial score (nSPS) is 14.4. The van der Waals surface area contributed by atoms with E-state index in [-0.39, 0.29) is 24.1 Å². The third-order valence-electron chi connectivity index (χ3n) is 4.57. The van der Waals surface area contributed by atoms with E-state index in [1.54, 1.807) is 36.4 Å². The quantitative estimate of drug-likeness (QED) is 0.705. The maximum atomic E-state index is 12.4. The molecule has 142 valence electrons. The molecule has 0 aliphatic heterocycles. The highest BCUT2D eigenvalue weighted by Gasteiger charge is 2.22. The van der Waals surface area contributed by atoms with Crippen LogP contribution in [0.4, 0.5) is 5.69 Å². The van der Waals surface area contributed by atoms with E-state index in [4.69, 9.17) is 4.42 Å². The molecule has 0 radical (unpaired) electrons. The van der Waals surface area contributed by atoms with Crippen LogP contribution in [0.5, 0.6) is 0 Å². The molecule has 0 unspecified atom stereocenters. The van der Waals surface area contributed by atoms with Crippen LogP contribution < -0.4 is 16.0 Å². The molecule has 3 N–H and O–H groups in total. The number of hydrogen-bond donors (Lipinski definition) is 3. The van der Waals surface area contributed by atoms with Gasteiger partial charge in [-0.05, 0) is 37.1 Å². The van der Waals surface area contributed by atoms with Crippen molar-refractivity contribution >= 4 is 23.4 Å². The van der Waals surface area contributed by atoms with Crippen molar-refractivity contribution in [2.45, 2.75) is 44.7 Å². The lowest BCUT2D eigenvalue weighted by Gasteiger charge is -2.22. The molecule has 3 rings (SSSR count). The molecule has 7 nitrogen and oxygen atoms in total. The number of carbonyl (C=O) groups is 3. The first-order valence-corrected chi connectivity index (χ1v) is 9.15. The van der Waals surface area contributed by atoms with Crippen LogP contribution in [0.3, 0.4) is 0 Å². The van der Waals surface area contributed by atoms with E-state index >= 15 is 0 Å². The molecule has 3 amide bonds. The van der Waals surface area contributed by atoms with Crippen LogP contribution in [-0.2, 0) is 16.1 Å². The molecule has 27 heavy (non-hydrogen) atoms. The average Bonchev–Trinajstić information content (AvgIpc) is 3.21. The van der Waals surface area contributed by atoms with Gasteiger partial charge in [0.25, 0.3) is 5.91 Å². The van der Waals surface area contributed by atoms with E-state index in [1.807, 2.05) is 0 Å². The fourth-order valence-corrected chi connectivity index (χ4v) is 3.14. The summed E-state index contributed by atoms with van der Waals surface area (Å²) >= 11 is 0. The Hall–Kier alpha value is -3.09. The summed E-state index contributed by atoms with van der Waals surface area (Å²) in [4.78, 5) is 36.8. The van der Waals surface area contributed by atoms with Gasteiger partial charge in [-0.2, -0.15) is 0 Å². The molecule has 0 atom stereocenters. The minimum Gasteiger partial charge on any atom is -0.467 e. The van der Waals surface area contributed by atoms with Gasteiger partial charge in [0, 0.05) is 6.04 Å². The van der Waals surface area contributed by atoms with E-state index in [0.717, 1.165) is 25.7 Å². The van der Waals surface area contributed by atoms with Gasteiger partial charge in [0.1, 0.15) is 5.76 Å². The molecule has 0 spiro atoms. The number of nitrogens with one attached hydrogen (secondary N) is 3. The predicted molar refractivity (Wildman–Crippen MR) is 100.0 cm³/mol. The highest BCUT2D eigenvalue weighted by Crippen LogP contribution is 2.18. The number of benzene rings is 1. The van der Waals surface area contributed by atoms with Crippen molar-refractivity contribution < 1.29 is 18.8 Å². The molecule has 7 heteroatoms. The molecule has 1 saturated carbocycles. The van der Waals surface area contributed by atoms with Gasteiger partial charge in [-0.1, -0.05) is 31.4 Å². The van der Waals surface area contributed by atoms with Crippen molar-refractivity contribution in [3.63, 3.8) is 0 Å². The summed E-state index contributed by atoms with van der Waals surface area (Å²) in [5.41, 5.74) is 0.570. The van der Waals surface area contributed by atoms with Gasteiger partial charge in [0.05, 0.1) is 24.1 Å². The zero-order valence-electron chi connectivity index (χ0n) is 15.0. The Bertz CT molecular complexity index is 795. The summed E-state index contributed by atoms with van der Waals surface area (Å²) in [5.74, 6) is -1.19. The molecule has 1 aromatic heterocycles. The topological polar surface area (TPSA) is 100 Å². The third-order valence-corrected chi connectivity index (χ3v) is 4.57. The van der Waals surface area contributed by atoms with E-state index in [9.17, 15) is 14.4 Å². The third kappa shape index (κ3) is 5.20. The highest BCUT2D eigenvalue weighted by atomic mass is 16.3. The molecule has 1 aromatic carbocycles. The van der Waals surface area contributed by atoms with Crippen molar-refractivity contribution in [1.29, 1.82) is 0 Å². The first-order chi connectivity index (χ1) is 13.1. The summed E-state index contributed by atoms with van der Waals surface area (Å²) < 4.78 is 5.18. The highest BCUT2D eigenvalue weighted by molar-refractivity contribution is 6.40. The van der Waals surface area contributed by atoms with Gasteiger partial charge in [0.15, 0.2) is 0 Å². The lowest BCUT2D eigenvalue weighted by molar-refractivity contribution is -0.136. The Morgan fingerprint density at radius 3 is 2.48 bits per heavy atom. The van der Waals surface area contributed by atoms with Crippen LogP contribution in [0.2, 0.25) is 0 Å². The van der Waals surface area contributed by atoms with Gasteiger partial charge in [0.2, 0.25) is 0 Å². The minimum absolute atomic E-state index is 0.0452. The summed E-state index contributed by atoms with van der Waals surface area (Å²) in [6.07, 6.45) is 6.60. The maximum absolute atomic E-state index is 12.4. The molecule has 1 aliphatic rings. The second kappa shape index (κ2) is 9.02. The van der Waals surface area contributed by atoms with Crippen LogP contribution >= 0.6 is 0 Å². The van der Waals surface area contributed by atoms with E-state index in [2.05, 4.69) is 16.0 Å². The van der Waals surface area contributed by atoms with Crippen LogP contribution in [0.15, 0.2) is 47.1 Å². The maximum Gasteiger partial charge on any atom is 0.313 e. The lowest BCUT2D eigenvalue weighted by Crippen LogP contribution is -2.42. The van der Waals surface area contributed by atoms with Crippen molar-refractivity contribution in [3.8, 4) is 0 Å². The molecular formula is C20H23N3O4. The zero-order chi connectivity index (χ0) is 19.1. The summed E-state index contributed by atoms with van der Waals surface area (Å²) in [5, 5.41) is 8.03. The van der Waals surface area contributed by atoms with Gasteiger partial charge in [-0.25, -0.2) is 0 Å². The smallest absolute Gasteiger partial charge is 0.313 e. The Kier molecular flexibility index (Phi) is 6.25. The first kappa shape index (κ1) is 18.7. The zero-order valence-corrected chi connectivity index (χ0v) is 15.0. The van der Waals surface area contributed by atoms with Crippen LogP contribution in [-0.4, -0.2) is 23.8 Å². The number of furan rings is 1. The number of hydrogen-bond acceptors (Lipinski definition) is 4. The molecular weight excluding hydrogens is 346 g/mol. The number of anilines is 1. The molecule has 2 aromatic rings. The Morgan fingerprint density at radius 2 is 1.74 bits per heavy atom. The largest absolute Gasteiger partial charge is 0.467 e. The lowest BCUT2D eigenvalue weighted by atomic mass is 9.95. The van der Waals surface area contributed by atoms with E-state index in [0.29, 0.717) is 11.4 Å². The fourth-order valence-electron chi connectivity index (χ4n) is 3.14. The van der Waals surface area contributed by atoms with Crippen molar-refractivity contribution in [1.82, 2.24) is 10.6 Å².